The summed E-state index contributed by atoms with van der Waals surface area (Å²) < 4.78 is 6.79. The van der Waals surface area contributed by atoms with Gasteiger partial charge in [0.15, 0.2) is 14.5 Å². The minimum absolute atomic E-state index is 0.110. The lowest BCUT2D eigenvalue weighted by Crippen LogP contribution is -2.42. The van der Waals surface area contributed by atoms with Crippen molar-refractivity contribution >= 4 is 54.4 Å². The fourth-order valence-electron chi connectivity index (χ4n) is 3.21. The SMILES string of the molecule is Cc1cccnc1N(C(=O)c1ccc(Cl)s1)c1ccc(N(C#N)CCO[Si](C)(C)C(C)(C)C)cc1. The molecule has 6 nitrogen and oxygen atoms in total. The molecule has 0 spiro atoms. The molecule has 0 N–H and O–H groups in total. The van der Waals surface area contributed by atoms with E-state index >= 15 is 0 Å². The number of pyridine rings is 1. The van der Waals surface area contributed by atoms with Crippen LogP contribution in [0.15, 0.2) is 54.7 Å². The molecule has 2 aromatic heterocycles. The van der Waals surface area contributed by atoms with E-state index in [-0.39, 0.29) is 10.9 Å². The molecule has 0 fully saturated rings. The van der Waals surface area contributed by atoms with E-state index in [1.54, 1.807) is 28.1 Å². The first-order valence-corrected chi connectivity index (χ1v) is 15.5. The minimum Gasteiger partial charge on any atom is -0.415 e. The number of rotatable bonds is 8. The third-order valence-electron chi connectivity index (χ3n) is 6.30. The van der Waals surface area contributed by atoms with E-state index in [1.165, 1.54) is 11.3 Å². The second-order valence-corrected chi connectivity index (χ2v) is 16.3. The average Bonchev–Trinajstić information content (AvgIpc) is 3.24. The van der Waals surface area contributed by atoms with Crippen molar-refractivity contribution in [3.63, 3.8) is 0 Å². The topological polar surface area (TPSA) is 69.5 Å². The average molecular weight is 527 g/mol. The summed E-state index contributed by atoms with van der Waals surface area (Å²) in [6.07, 6.45) is 3.91. The van der Waals surface area contributed by atoms with Gasteiger partial charge in [-0.2, -0.15) is 5.26 Å². The Bertz CT molecular complexity index is 1220. The van der Waals surface area contributed by atoms with Crippen LogP contribution >= 0.6 is 22.9 Å². The first-order valence-electron chi connectivity index (χ1n) is 11.4. The van der Waals surface area contributed by atoms with E-state index in [9.17, 15) is 10.1 Å². The highest BCUT2D eigenvalue weighted by molar-refractivity contribution is 7.18. The Hall–Kier alpha value is -2.70. The molecule has 3 aromatic rings. The molecule has 0 saturated carbocycles. The zero-order chi connectivity index (χ0) is 25.8. The highest BCUT2D eigenvalue weighted by atomic mass is 35.5. The predicted molar refractivity (Wildman–Crippen MR) is 147 cm³/mol. The molecule has 0 aliphatic rings. The van der Waals surface area contributed by atoms with Crippen molar-refractivity contribution in [1.29, 1.82) is 5.26 Å². The zero-order valence-corrected chi connectivity index (χ0v) is 23.6. The van der Waals surface area contributed by atoms with Gasteiger partial charge in [0, 0.05) is 6.20 Å². The number of hydrogen-bond donors (Lipinski definition) is 0. The molecule has 3 rings (SSSR count). The summed E-state index contributed by atoms with van der Waals surface area (Å²) in [5.41, 5.74) is 2.26. The van der Waals surface area contributed by atoms with E-state index in [0.29, 0.717) is 33.9 Å². The summed E-state index contributed by atoms with van der Waals surface area (Å²) in [5, 5.41) is 9.86. The van der Waals surface area contributed by atoms with Crippen LogP contribution in [0.25, 0.3) is 0 Å². The summed E-state index contributed by atoms with van der Waals surface area (Å²) in [6.45, 7) is 13.8. The quantitative estimate of drug-likeness (QED) is 0.174. The van der Waals surface area contributed by atoms with E-state index in [2.05, 4.69) is 45.0 Å². The number of hydrogen-bond acceptors (Lipinski definition) is 6. The Morgan fingerprint density at radius 2 is 1.80 bits per heavy atom. The van der Waals surface area contributed by atoms with Crippen LogP contribution in [-0.2, 0) is 4.43 Å². The Balaban J connectivity index is 1.84. The Kier molecular flexibility index (Phi) is 8.39. The third-order valence-corrected chi connectivity index (χ3v) is 12.1. The number of carbonyl (C=O) groups excluding carboxylic acids is 1. The van der Waals surface area contributed by atoms with Crippen LogP contribution < -0.4 is 9.80 Å². The third kappa shape index (κ3) is 6.30. The van der Waals surface area contributed by atoms with Gasteiger partial charge in [-0.1, -0.05) is 38.4 Å². The lowest BCUT2D eigenvalue weighted by atomic mass is 10.2. The number of aromatic nitrogens is 1. The largest absolute Gasteiger partial charge is 0.415 e. The normalized spacial score (nSPS) is 11.7. The highest BCUT2D eigenvalue weighted by Gasteiger charge is 2.37. The van der Waals surface area contributed by atoms with Crippen LogP contribution in [0.1, 0.15) is 36.0 Å². The molecule has 0 aliphatic carbocycles. The fraction of sp³-hybridized carbons (Fsp3) is 0.346. The number of aryl methyl sites for hydroxylation is 1. The molecule has 0 atom stereocenters. The van der Waals surface area contributed by atoms with E-state index in [1.807, 2.05) is 43.3 Å². The zero-order valence-electron chi connectivity index (χ0n) is 21.0. The molecule has 0 bridgehead atoms. The van der Waals surface area contributed by atoms with Crippen LogP contribution in [0.4, 0.5) is 17.2 Å². The van der Waals surface area contributed by atoms with E-state index in [0.717, 1.165) is 11.3 Å². The van der Waals surface area contributed by atoms with E-state index in [4.69, 9.17) is 16.0 Å². The number of carbonyl (C=O) groups is 1. The molecule has 0 aliphatic heterocycles. The molecule has 184 valence electrons. The van der Waals surface area contributed by atoms with Crippen molar-refractivity contribution in [3.05, 3.63) is 69.5 Å². The fourth-order valence-corrected chi connectivity index (χ4v) is 5.22. The summed E-state index contributed by atoms with van der Waals surface area (Å²) in [5.74, 6) is 0.339. The highest BCUT2D eigenvalue weighted by Crippen LogP contribution is 2.36. The monoisotopic (exact) mass is 526 g/mol. The van der Waals surface area contributed by atoms with Gasteiger partial charge in [-0.15, -0.1) is 11.3 Å². The lowest BCUT2D eigenvalue weighted by Gasteiger charge is -2.36. The van der Waals surface area contributed by atoms with Gasteiger partial charge in [0.1, 0.15) is 5.82 Å². The van der Waals surface area contributed by atoms with Crippen LogP contribution in [0.5, 0.6) is 0 Å². The second-order valence-electron chi connectivity index (χ2n) is 9.77. The standard InChI is InChI=1S/C26H31ClN4O2SSi/c1-19-8-7-15-29-24(19)31(25(32)22-13-14-23(27)34-22)21-11-9-20(10-12-21)30(18-28)16-17-33-35(5,6)26(2,3)4/h7-15H,16-17H2,1-6H3. The maximum absolute atomic E-state index is 13.5. The van der Waals surface area contributed by atoms with Gasteiger partial charge >= 0.3 is 0 Å². The molecule has 1 aromatic carbocycles. The molecular formula is C26H31ClN4O2SSi. The first kappa shape index (κ1) is 26.9. The maximum atomic E-state index is 13.5. The number of thiophene rings is 1. The van der Waals surface area contributed by atoms with Gasteiger partial charge in [0.2, 0.25) is 0 Å². The van der Waals surface area contributed by atoms with Crippen molar-refractivity contribution in [2.75, 3.05) is 23.0 Å². The molecule has 9 heteroatoms. The van der Waals surface area contributed by atoms with Crippen LogP contribution in [0.3, 0.4) is 0 Å². The van der Waals surface area contributed by atoms with Gasteiger partial charge in [-0.05, 0) is 73.1 Å². The van der Waals surface area contributed by atoms with Gasteiger partial charge in [-0.3, -0.25) is 14.6 Å². The predicted octanol–water partition coefficient (Wildman–Crippen LogP) is 7.39. The van der Waals surface area contributed by atoms with Crippen LogP contribution in [0, 0.1) is 18.4 Å². The molecule has 35 heavy (non-hydrogen) atoms. The number of benzene rings is 1. The van der Waals surface area contributed by atoms with Gasteiger partial charge in [0.25, 0.3) is 5.91 Å². The van der Waals surface area contributed by atoms with Crippen molar-refractivity contribution in [3.8, 4) is 6.19 Å². The Morgan fingerprint density at radius 1 is 1.14 bits per heavy atom. The molecule has 0 saturated heterocycles. The maximum Gasteiger partial charge on any atom is 0.274 e. The van der Waals surface area contributed by atoms with Gasteiger partial charge < -0.3 is 4.43 Å². The van der Waals surface area contributed by atoms with Crippen molar-refractivity contribution < 1.29 is 9.22 Å². The van der Waals surface area contributed by atoms with Crippen molar-refractivity contribution in [2.45, 2.75) is 45.8 Å². The van der Waals surface area contributed by atoms with E-state index < -0.39 is 8.32 Å². The summed E-state index contributed by atoms with van der Waals surface area (Å²) in [7, 11) is -1.89. The second kappa shape index (κ2) is 10.9. The van der Waals surface area contributed by atoms with Crippen molar-refractivity contribution in [2.24, 2.45) is 0 Å². The summed E-state index contributed by atoms with van der Waals surface area (Å²) in [4.78, 5) is 21.6. The molecule has 2 heterocycles. The molecule has 1 amide bonds. The Labute approximate surface area is 217 Å². The lowest BCUT2D eigenvalue weighted by molar-refractivity contribution is 0.100. The molecule has 0 radical (unpaired) electrons. The van der Waals surface area contributed by atoms with Crippen LogP contribution in [0.2, 0.25) is 22.5 Å². The van der Waals surface area contributed by atoms with Crippen molar-refractivity contribution in [1.82, 2.24) is 4.98 Å². The van der Waals surface area contributed by atoms with Gasteiger partial charge in [-0.25, -0.2) is 4.98 Å². The number of nitrogens with zero attached hydrogens (tertiary/aromatic N) is 4. The molecule has 0 unspecified atom stereocenters. The smallest absolute Gasteiger partial charge is 0.274 e. The van der Waals surface area contributed by atoms with Crippen LogP contribution in [-0.4, -0.2) is 32.4 Å². The molecular weight excluding hydrogens is 496 g/mol. The number of halogens is 1. The summed E-state index contributed by atoms with van der Waals surface area (Å²) in [6, 6.07) is 14.5. The van der Waals surface area contributed by atoms with Gasteiger partial charge in [0.05, 0.1) is 33.7 Å². The first-order chi connectivity index (χ1) is 16.4. The summed E-state index contributed by atoms with van der Waals surface area (Å²) >= 11 is 7.32. The number of anilines is 3. The Morgan fingerprint density at radius 3 is 2.34 bits per heavy atom. The number of nitriles is 1. The minimum atomic E-state index is -1.89. The number of amides is 1.